The number of carbonyl (C=O) groups excluding carboxylic acids is 1. The van der Waals surface area contributed by atoms with Crippen LogP contribution in [0.25, 0.3) is 0 Å². The van der Waals surface area contributed by atoms with Gasteiger partial charge in [-0.25, -0.2) is 0 Å². The average Bonchev–Trinajstić information content (AvgIpc) is 2.94. The summed E-state index contributed by atoms with van der Waals surface area (Å²) in [5.74, 6) is -0.763. The van der Waals surface area contributed by atoms with Crippen LogP contribution in [-0.2, 0) is 25.4 Å². The van der Waals surface area contributed by atoms with Crippen LogP contribution in [0, 0.1) is 5.41 Å². The first-order valence-corrected chi connectivity index (χ1v) is 9.85. The van der Waals surface area contributed by atoms with E-state index in [4.69, 9.17) is 25.8 Å². The van der Waals surface area contributed by atoms with Crippen LogP contribution in [-0.4, -0.2) is 30.6 Å². The topological polar surface area (TPSA) is 44.8 Å². The molecule has 2 rings (SSSR count). The highest BCUT2D eigenvalue weighted by molar-refractivity contribution is 6.31. The predicted octanol–water partition coefficient (Wildman–Crippen LogP) is 5.16. The average molecular weight is 383 g/mol. The summed E-state index contributed by atoms with van der Waals surface area (Å²) in [6.07, 6.45) is 2.61. The summed E-state index contributed by atoms with van der Waals surface area (Å²) < 4.78 is 18.0. The van der Waals surface area contributed by atoms with E-state index in [2.05, 4.69) is 13.8 Å². The van der Waals surface area contributed by atoms with E-state index in [1.807, 2.05) is 45.0 Å². The van der Waals surface area contributed by atoms with E-state index in [1.54, 1.807) is 0 Å². The SMILES string of the molecule is CCC1(CC)O[C@H](CCOC(=O)C(C)(C)C)[C@@H](Cc2ccccc2Cl)O1. The molecule has 2 atom stereocenters. The number of rotatable bonds is 7. The molecule has 5 heteroatoms. The highest BCUT2D eigenvalue weighted by Crippen LogP contribution is 2.37. The number of esters is 1. The van der Waals surface area contributed by atoms with Crippen molar-refractivity contribution in [2.45, 2.75) is 78.3 Å². The number of carbonyl (C=O) groups is 1. The van der Waals surface area contributed by atoms with E-state index in [9.17, 15) is 4.79 Å². The van der Waals surface area contributed by atoms with Crippen molar-refractivity contribution >= 4 is 17.6 Å². The van der Waals surface area contributed by atoms with Crippen LogP contribution < -0.4 is 0 Å². The van der Waals surface area contributed by atoms with Crippen LogP contribution in [0.3, 0.4) is 0 Å². The van der Waals surface area contributed by atoms with Crippen molar-refractivity contribution in [1.29, 1.82) is 0 Å². The molecule has 0 spiro atoms. The molecule has 0 aromatic heterocycles. The number of hydrogen-bond donors (Lipinski definition) is 0. The molecule has 0 radical (unpaired) electrons. The van der Waals surface area contributed by atoms with E-state index >= 15 is 0 Å². The summed E-state index contributed by atoms with van der Waals surface area (Å²) in [4.78, 5) is 12.0. The Labute approximate surface area is 162 Å². The van der Waals surface area contributed by atoms with Gasteiger partial charge < -0.3 is 14.2 Å². The molecule has 0 bridgehead atoms. The van der Waals surface area contributed by atoms with E-state index < -0.39 is 11.2 Å². The fourth-order valence-electron chi connectivity index (χ4n) is 3.10. The van der Waals surface area contributed by atoms with Gasteiger partial charge in [0.05, 0.1) is 24.2 Å². The number of halogens is 1. The zero-order valence-corrected chi connectivity index (χ0v) is 17.3. The maximum atomic E-state index is 12.0. The van der Waals surface area contributed by atoms with Crippen LogP contribution in [0.5, 0.6) is 0 Å². The van der Waals surface area contributed by atoms with Crippen LogP contribution >= 0.6 is 11.6 Å². The minimum absolute atomic E-state index is 0.108. The maximum absolute atomic E-state index is 12.0. The Morgan fingerprint density at radius 2 is 1.77 bits per heavy atom. The smallest absolute Gasteiger partial charge is 0.311 e. The Morgan fingerprint density at radius 1 is 1.15 bits per heavy atom. The van der Waals surface area contributed by atoms with Gasteiger partial charge in [-0.2, -0.15) is 0 Å². The lowest BCUT2D eigenvalue weighted by atomic mass is 9.97. The van der Waals surface area contributed by atoms with Crippen molar-refractivity contribution in [2.75, 3.05) is 6.61 Å². The highest BCUT2D eigenvalue weighted by atomic mass is 35.5. The third-order valence-electron chi connectivity index (χ3n) is 4.85. The lowest BCUT2D eigenvalue weighted by molar-refractivity contribution is -0.180. The maximum Gasteiger partial charge on any atom is 0.311 e. The molecule has 4 nitrogen and oxygen atoms in total. The summed E-state index contributed by atoms with van der Waals surface area (Å²) in [5.41, 5.74) is 0.545. The fraction of sp³-hybridized carbons (Fsp3) is 0.667. The van der Waals surface area contributed by atoms with Crippen LogP contribution in [0.2, 0.25) is 5.02 Å². The van der Waals surface area contributed by atoms with E-state index in [-0.39, 0.29) is 18.2 Å². The molecule has 146 valence electrons. The van der Waals surface area contributed by atoms with Gasteiger partial charge in [0.25, 0.3) is 0 Å². The van der Waals surface area contributed by atoms with Crippen LogP contribution in [0.1, 0.15) is 59.4 Å². The van der Waals surface area contributed by atoms with Crippen LogP contribution in [0.15, 0.2) is 24.3 Å². The zero-order valence-electron chi connectivity index (χ0n) is 16.5. The van der Waals surface area contributed by atoms with Crippen molar-refractivity contribution < 1.29 is 19.0 Å². The molecule has 1 fully saturated rings. The van der Waals surface area contributed by atoms with Gasteiger partial charge in [0.2, 0.25) is 0 Å². The first-order valence-electron chi connectivity index (χ1n) is 9.47. The Kier molecular flexibility index (Phi) is 7.12. The third kappa shape index (κ3) is 5.21. The van der Waals surface area contributed by atoms with Gasteiger partial charge in [-0.3, -0.25) is 4.79 Å². The van der Waals surface area contributed by atoms with Crippen molar-refractivity contribution in [1.82, 2.24) is 0 Å². The molecule has 0 saturated carbocycles. The van der Waals surface area contributed by atoms with Crippen LogP contribution in [0.4, 0.5) is 0 Å². The largest absolute Gasteiger partial charge is 0.465 e. The molecule has 0 aliphatic carbocycles. The zero-order chi connectivity index (χ0) is 19.4. The number of hydrogen-bond acceptors (Lipinski definition) is 4. The minimum Gasteiger partial charge on any atom is -0.465 e. The van der Waals surface area contributed by atoms with Gasteiger partial charge in [0.15, 0.2) is 5.79 Å². The van der Waals surface area contributed by atoms with Gasteiger partial charge in [-0.05, 0) is 45.2 Å². The minimum atomic E-state index is -0.565. The van der Waals surface area contributed by atoms with E-state index in [0.717, 1.165) is 23.4 Å². The quantitative estimate of drug-likeness (QED) is 0.611. The summed E-state index contributed by atoms with van der Waals surface area (Å²) in [7, 11) is 0. The Balaban J connectivity index is 2.05. The van der Waals surface area contributed by atoms with Crippen molar-refractivity contribution in [3.8, 4) is 0 Å². The molecule has 26 heavy (non-hydrogen) atoms. The second-order valence-electron chi connectivity index (χ2n) is 7.90. The Bertz CT molecular complexity index is 604. The Morgan fingerprint density at radius 3 is 2.35 bits per heavy atom. The van der Waals surface area contributed by atoms with Gasteiger partial charge in [-0.15, -0.1) is 0 Å². The normalized spacial score (nSPS) is 22.4. The first-order chi connectivity index (χ1) is 12.2. The molecular formula is C21H31ClO4. The molecule has 1 aromatic rings. The van der Waals surface area contributed by atoms with E-state index in [0.29, 0.717) is 19.4 Å². The van der Waals surface area contributed by atoms with Crippen molar-refractivity contribution in [3.63, 3.8) is 0 Å². The first kappa shape index (κ1) is 21.2. The summed E-state index contributed by atoms with van der Waals surface area (Å²) in [6.45, 7) is 10.0. The molecule has 0 N–H and O–H groups in total. The van der Waals surface area contributed by atoms with Crippen molar-refractivity contribution in [2.24, 2.45) is 5.41 Å². The highest BCUT2D eigenvalue weighted by Gasteiger charge is 2.45. The molecule has 1 heterocycles. The lowest BCUT2D eigenvalue weighted by Crippen LogP contribution is -2.29. The summed E-state index contributed by atoms with van der Waals surface area (Å²) >= 11 is 6.32. The van der Waals surface area contributed by atoms with E-state index in [1.165, 1.54) is 0 Å². The Hall–Kier alpha value is -1.10. The molecule has 1 aliphatic rings. The molecule has 1 aromatic carbocycles. The summed E-state index contributed by atoms with van der Waals surface area (Å²) in [6, 6.07) is 7.80. The second kappa shape index (κ2) is 8.73. The number of ether oxygens (including phenoxy) is 3. The molecule has 1 saturated heterocycles. The van der Waals surface area contributed by atoms with Gasteiger partial charge in [-0.1, -0.05) is 43.6 Å². The molecule has 1 aliphatic heterocycles. The molecule has 0 unspecified atom stereocenters. The fourth-order valence-corrected chi connectivity index (χ4v) is 3.31. The van der Waals surface area contributed by atoms with Gasteiger partial charge in [0, 0.05) is 17.9 Å². The van der Waals surface area contributed by atoms with Crippen molar-refractivity contribution in [3.05, 3.63) is 34.9 Å². The van der Waals surface area contributed by atoms with Gasteiger partial charge in [0.1, 0.15) is 0 Å². The lowest BCUT2D eigenvalue weighted by Gasteiger charge is -2.25. The monoisotopic (exact) mass is 382 g/mol. The molecule has 0 amide bonds. The predicted molar refractivity (Wildman–Crippen MR) is 103 cm³/mol. The third-order valence-corrected chi connectivity index (χ3v) is 5.22. The number of benzene rings is 1. The second-order valence-corrected chi connectivity index (χ2v) is 8.31. The van der Waals surface area contributed by atoms with Gasteiger partial charge >= 0.3 is 5.97 Å². The standard InChI is InChI=1S/C21H31ClO4/c1-6-21(7-2)25-17(12-13-24-19(23)20(3,4)5)18(26-21)14-15-10-8-9-11-16(15)22/h8-11,17-18H,6-7,12-14H2,1-5H3/t17-,18-/m1/s1. The molecular weight excluding hydrogens is 352 g/mol. The summed E-state index contributed by atoms with van der Waals surface area (Å²) in [5, 5.41) is 0.736.